The number of alkyl halides is 3. The molecule has 4 rings (SSSR count). The number of halogens is 4. The molecule has 7 nitrogen and oxygen atoms in total. The molecular weight excluding hydrogens is 435 g/mol. The first-order valence-electron chi connectivity index (χ1n) is 8.80. The molecule has 31 heavy (non-hydrogen) atoms. The molecule has 0 unspecified atom stereocenters. The second-order valence-corrected chi connectivity index (χ2v) is 6.81. The number of hydrogen-bond donors (Lipinski definition) is 1. The number of nitrogens with zero attached hydrogens (tertiary/aromatic N) is 4. The standard InChI is InChI=1S/C20H13ClF3N5O2/c1-31-18-7-6-13(10-25-18)26-19(30)15-9-17-27-14(11-2-4-12(21)5-3-11)8-16(20(22,23)24)29(17)28-15/h2-10H,1H3,(H,26,30). The summed E-state index contributed by atoms with van der Waals surface area (Å²) in [7, 11) is 1.45. The van der Waals surface area contributed by atoms with Gasteiger partial charge in [-0.1, -0.05) is 23.7 Å². The van der Waals surface area contributed by atoms with Crippen LogP contribution in [0.4, 0.5) is 18.9 Å². The first-order chi connectivity index (χ1) is 14.7. The van der Waals surface area contributed by atoms with Crippen molar-refractivity contribution in [3.63, 3.8) is 0 Å². The highest BCUT2D eigenvalue weighted by Gasteiger charge is 2.35. The molecule has 0 atom stereocenters. The van der Waals surface area contributed by atoms with E-state index in [1.807, 2.05) is 0 Å². The first kappa shape index (κ1) is 20.6. The number of ether oxygens (including phenoxy) is 1. The van der Waals surface area contributed by atoms with Crippen molar-refractivity contribution in [1.29, 1.82) is 0 Å². The molecule has 1 N–H and O–H groups in total. The fourth-order valence-corrected chi connectivity index (χ4v) is 2.95. The predicted molar refractivity (Wildman–Crippen MR) is 107 cm³/mol. The van der Waals surface area contributed by atoms with E-state index in [0.717, 1.165) is 6.07 Å². The fourth-order valence-electron chi connectivity index (χ4n) is 2.83. The Morgan fingerprint density at radius 3 is 2.48 bits per heavy atom. The zero-order chi connectivity index (χ0) is 22.2. The van der Waals surface area contributed by atoms with Crippen LogP contribution in [0.2, 0.25) is 5.02 Å². The average Bonchev–Trinajstić information content (AvgIpc) is 3.17. The van der Waals surface area contributed by atoms with E-state index in [9.17, 15) is 18.0 Å². The maximum atomic E-state index is 13.7. The van der Waals surface area contributed by atoms with Crippen LogP contribution in [0, 0.1) is 0 Å². The Labute approximate surface area is 178 Å². The van der Waals surface area contributed by atoms with Crippen LogP contribution in [0.25, 0.3) is 16.9 Å². The Balaban J connectivity index is 1.74. The van der Waals surface area contributed by atoms with Crippen LogP contribution in [0.3, 0.4) is 0 Å². The number of rotatable bonds is 4. The van der Waals surface area contributed by atoms with Crippen LogP contribution in [0.1, 0.15) is 16.2 Å². The lowest BCUT2D eigenvalue weighted by Gasteiger charge is -2.11. The minimum Gasteiger partial charge on any atom is -0.481 e. The van der Waals surface area contributed by atoms with Gasteiger partial charge in [0.15, 0.2) is 17.0 Å². The second-order valence-electron chi connectivity index (χ2n) is 6.37. The summed E-state index contributed by atoms with van der Waals surface area (Å²) in [4.78, 5) is 20.7. The zero-order valence-corrected chi connectivity index (χ0v) is 16.6. The lowest BCUT2D eigenvalue weighted by Crippen LogP contribution is -2.15. The van der Waals surface area contributed by atoms with E-state index >= 15 is 0 Å². The SMILES string of the molecule is COc1ccc(NC(=O)c2cc3nc(-c4ccc(Cl)cc4)cc(C(F)(F)F)n3n2)cn1. The number of benzene rings is 1. The van der Waals surface area contributed by atoms with Gasteiger partial charge in [0.1, 0.15) is 0 Å². The molecule has 0 spiro atoms. The maximum absolute atomic E-state index is 13.7. The molecule has 4 aromatic rings. The number of aromatic nitrogens is 4. The van der Waals surface area contributed by atoms with Gasteiger partial charge in [0, 0.05) is 22.7 Å². The molecule has 0 saturated carbocycles. The summed E-state index contributed by atoms with van der Waals surface area (Å²) in [5, 5.41) is 6.78. The molecular formula is C20H13ClF3N5O2. The van der Waals surface area contributed by atoms with Gasteiger partial charge in [0.05, 0.1) is 24.7 Å². The molecule has 0 fully saturated rings. The van der Waals surface area contributed by atoms with Crippen molar-refractivity contribution in [3.05, 3.63) is 71.1 Å². The molecule has 0 bridgehead atoms. The molecule has 0 saturated heterocycles. The third kappa shape index (κ3) is 4.29. The second kappa shape index (κ2) is 7.88. The van der Waals surface area contributed by atoms with Crippen LogP contribution < -0.4 is 10.1 Å². The smallest absolute Gasteiger partial charge is 0.433 e. The van der Waals surface area contributed by atoms with E-state index < -0.39 is 17.8 Å². The number of amides is 1. The van der Waals surface area contributed by atoms with E-state index in [0.29, 0.717) is 26.7 Å². The van der Waals surface area contributed by atoms with Gasteiger partial charge in [-0.25, -0.2) is 14.5 Å². The zero-order valence-electron chi connectivity index (χ0n) is 15.8. The van der Waals surface area contributed by atoms with Crippen LogP contribution in [-0.2, 0) is 6.18 Å². The van der Waals surface area contributed by atoms with Crippen molar-refractivity contribution in [2.45, 2.75) is 6.18 Å². The number of carbonyl (C=O) groups excluding carboxylic acids is 1. The van der Waals surface area contributed by atoms with E-state index in [1.165, 1.54) is 31.5 Å². The number of carbonyl (C=O) groups is 1. The van der Waals surface area contributed by atoms with Gasteiger partial charge in [-0.15, -0.1) is 0 Å². The summed E-state index contributed by atoms with van der Waals surface area (Å²) in [6.07, 6.45) is -3.37. The largest absolute Gasteiger partial charge is 0.481 e. The quantitative estimate of drug-likeness (QED) is 0.489. The molecule has 1 aromatic carbocycles. The van der Waals surface area contributed by atoms with Gasteiger partial charge in [-0.3, -0.25) is 4.79 Å². The summed E-state index contributed by atoms with van der Waals surface area (Å²) in [6, 6.07) is 11.3. The van der Waals surface area contributed by atoms with E-state index in [1.54, 1.807) is 24.3 Å². The van der Waals surface area contributed by atoms with Crippen molar-refractivity contribution in [3.8, 4) is 17.1 Å². The maximum Gasteiger partial charge on any atom is 0.433 e. The van der Waals surface area contributed by atoms with Crippen molar-refractivity contribution in [1.82, 2.24) is 19.6 Å². The molecule has 0 aliphatic rings. The summed E-state index contributed by atoms with van der Waals surface area (Å²) < 4.78 is 46.6. The minimum absolute atomic E-state index is 0.0719. The molecule has 11 heteroatoms. The third-order valence-electron chi connectivity index (χ3n) is 4.29. The Kier molecular flexibility index (Phi) is 5.24. The fraction of sp³-hybridized carbons (Fsp3) is 0.100. The Hall–Kier alpha value is -3.66. The summed E-state index contributed by atoms with van der Waals surface area (Å²) in [5.74, 6) is -0.363. The van der Waals surface area contributed by atoms with Crippen LogP contribution in [-0.4, -0.2) is 32.6 Å². The highest BCUT2D eigenvalue weighted by Crippen LogP contribution is 2.32. The first-order valence-corrected chi connectivity index (χ1v) is 9.18. The molecule has 0 radical (unpaired) electrons. The number of hydrogen-bond acceptors (Lipinski definition) is 5. The molecule has 3 heterocycles. The van der Waals surface area contributed by atoms with Crippen LogP contribution in [0.15, 0.2) is 54.7 Å². The highest BCUT2D eigenvalue weighted by atomic mass is 35.5. The molecule has 158 valence electrons. The Bertz CT molecular complexity index is 1260. The summed E-state index contributed by atoms with van der Waals surface area (Å²) in [6.45, 7) is 0. The van der Waals surface area contributed by atoms with E-state index in [-0.39, 0.29) is 17.0 Å². The Morgan fingerprint density at radius 1 is 1.13 bits per heavy atom. The molecule has 0 aliphatic heterocycles. The lowest BCUT2D eigenvalue weighted by atomic mass is 10.1. The van der Waals surface area contributed by atoms with Gasteiger partial charge < -0.3 is 10.1 Å². The van der Waals surface area contributed by atoms with Gasteiger partial charge in [-0.05, 0) is 24.3 Å². The van der Waals surface area contributed by atoms with Gasteiger partial charge in [0.2, 0.25) is 5.88 Å². The van der Waals surface area contributed by atoms with Gasteiger partial charge >= 0.3 is 6.18 Å². The number of anilines is 1. The third-order valence-corrected chi connectivity index (χ3v) is 4.55. The number of pyridine rings is 1. The van der Waals surface area contributed by atoms with Crippen molar-refractivity contribution >= 4 is 28.8 Å². The van der Waals surface area contributed by atoms with Crippen LogP contribution in [0.5, 0.6) is 5.88 Å². The highest BCUT2D eigenvalue weighted by molar-refractivity contribution is 6.30. The number of nitrogens with one attached hydrogen (secondary N) is 1. The normalized spacial score (nSPS) is 11.5. The Morgan fingerprint density at radius 2 is 1.87 bits per heavy atom. The number of methoxy groups -OCH3 is 1. The van der Waals surface area contributed by atoms with E-state index in [4.69, 9.17) is 16.3 Å². The minimum atomic E-state index is -4.72. The lowest BCUT2D eigenvalue weighted by molar-refractivity contribution is -0.142. The van der Waals surface area contributed by atoms with Crippen molar-refractivity contribution < 1.29 is 22.7 Å². The van der Waals surface area contributed by atoms with Crippen molar-refractivity contribution in [2.75, 3.05) is 12.4 Å². The molecule has 1 amide bonds. The van der Waals surface area contributed by atoms with Gasteiger partial charge in [-0.2, -0.15) is 18.3 Å². The summed E-state index contributed by atoms with van der Waals surface area (Å²) >= 11 is 5.85. The predicted octanol–water partition coefficient (Wildman–Crippen LogP) is 4.72. The van der Waals surface area contributed by atoms with Crippen molar-refractivity contribution in [2.24, 2.45) is 0 Å². The van der Waals surface area contributed by atoms with Crippen LogP contribution >= 0.6 is 11.6 Å². The monoisotopic (exact) mass is 447 g/mol. The average molecular weight is 448 g/mol. The molecule has 3 aromatic heterocycles. The topological polar surface area (TPSA) is 81.4 Å². The van der Waals surface area contributed by atoms with Gasteiger partial charge in [0.25, 0.3) is 5.91 Å². The summed E-state index contributed by atoms with van der Waals surface area (Å²) in [5.41, 5.74) is -0.585. The number of fused-ring (bicyclic) bond motifs is 1. The molecule has 0 aliphatic carbocycles. The van der Waals surface area contributed by atoms with E-state index in [2.05, 4.69) is 20.4 Å².